The van der Waals surface area contributed by atoms with Gasteiger partial charge in [0.15, 0.2) is 0 Å². The zero-order valence-electron chi connectivity index (χ0n) is 16.0. The van der Waals surface area contributed by atoms with Gasteiger partial charge in [-0.15, -0.1) is 0 Å². The second-order valence-corrected chi connectivity index (χ2v) is 7.57. The molecule has 1 amide bonds. The van der Waals surface area contributed by atoms with Crippen molar-refractivity contribution in [3.8, 4) is 0 Å². The molecule has 3 rings (SSSR count). The van der Waals surface area contributed by atoms with Crippen LogP contribution in [0.5, 0.6) is 0 Å². The minimum Gasteiger partial charge on any atom is -0.481 e. The van der Waals surface area contributed by atoms with Gasteiger partial charge in [0.2, 0.25) is 5.91 Å². The summed E-state index contributed by atoms with van der Waals surface area (Å²) >= 11 is 0. The molecule has 26 heavy (non-hydrogen) atoms. The fourth-order valence-electron chi connectivity index (χ4n) is 3.92. The van der Waals surface area contributed by atoms with Crippen LogP contribution in [-0.4, -0.2) is 59.0 Å². The average Bonchev–Trinajstić information content (AvgIpc) is 2.85. The van der Waals surface area contributed by atoms with Crippen molar-refractivity contribution in [3.05, 3.63) is 35.0 Å². The second kappa shape index (κ2) is 7.11. The molecule has 1 aromatic carbocycles. The van der Waals surface area contributed by atoms with E-state index in [9.17, 15) is 14.7 Å². The Hall–Kier alpha value is -2.34. The quantitative estimate of drug-likeness (QED) is 0.890. The third-order valence-electron chi connectivity index (χ3n) is 5.22. The van der Waals surface area contributed by atoms with Gasteiger partial charge in [0, 0.05) is 50.3 Å². The van der Waals surface area contributed by atoms with Gasteiger partial charge < -0.3 is 19.5 Å². The number of nitrogens with zero attached hydrogens (tertiary/aromatic N) is 3. The van der Waals surface area contributed by atoms with Crippen molar-refractivity contribution in [2.75, 3.05) is 27.7 Å². The molecule has 1 atom stereocenters. The van der Waals surface area contributed by atoms with Gasteiger partial charge in [-0.2, -0.15) is 0 Å². The molecular weight excluding hydrogens is 330 g/mol. The normalized spacial score (nSPS) is 15.7. The standard InChI is InChI=1S/C20H27N3O3/c1-13-5-6-17-16(9-13)15-7-8-22(4)12-18(15)23(17)11-14(10-19(24)25)20(26)21(2)3/h5-6,9,14H,7-8,10-12H2,1-4H3,(H,24,25). The number of carbonyl (C=O) groups is 2. The Bertz CT molecular complexity index is 854. The largest absolute Gasteiger partial charge is 0.481 e. The molecule has 1 N–H and O–H groups in total. The zero-order chi connectivity index (χ0) is 19.0. The van der Waals surface area contributed by atoms with E-state index >= 15 is 0 Å². The fourth-order valence-corrected chi connectivity index (χ4v) is 3.92. The highest BCUT2D eigenvalue weighted by molar-refractivity contribution is 5.87. The van der Waals surface area contributed by atoms with E-state index in [-0.39, 0.29) is 12.3 Å². The predicted molar refractivity (Wildman–Crippen MR) is 101 cm³/mol. The van der Waals surface area contributed by atoms with Crippen LogP contribution in [0.25, 0.3) is 10.9 Å². The summed E-state index contributed by atoms with van der Waals surface area (Å²) in [5, 5.41) is 10.5. The summed E-state index contributed by atoms with van der Waals surface area (Å²) in [4.78, 5) is 27.6. The summed E-state index contributed by atoms with van der Waals surface area (Å²) < 4.78 is 2.18. The lowest BCUT2D eigenvalue weighted by molar-refractivity contribution is -0.143. The SMILES string of the molecule is Cc1ccc2c(c1)c1c(n2CC(CC(=O)O)C(=O)N(C)C)CN(C)CC1. The van der Waals surface area contributed by atoms with Gasteiger partial charge in [0.25, 0.3) is 0 Å². The van der Waals surface area contributed by atoms with E-state index in [1.165, 1.54) is 27.1 Å². The molecular formula is C20H27N3O3. The first kappa shape index (κ1) is 18.5. The number of carbonyl (C=O) groups excluding carboxylic acids is 1. The van der Waals surface area contributed by atoms with Crippen molar-refractivity contribution in [1.82, 2.24) is 14.4 Å². The van der Waals surface area contributed by atoms with Crippen molar-refractivity contribution < 1.29 is 14.7 Å². The summed E-state index contributed by atoms with van der Waals surface area (Å²) in [5.41, 5.74) is 4.86. The molecule has 2 aromatic rings. The number of aromatic nitrogens is 1. The number of benzene rings is 1. The Morgan fingerprint density at radius 2 is 2.04 bits per heavy atom. The minimum atomic E-state index is -0.941. The van der Waals surface area contributed by atoms with Crippen LogP contribution >= 0.6 is 0 Å². The average molecular weight is 357 g/mol. The van der Waals surface area contributed by atoms with Gasteiger partial charge in [-0.05, 0) is 38.1 Å². The lowest BCUT2D eigenvalue weighted by atomic mass is 10.0. The van der Waals surface area contributed by atoms with Crippen LogP contribution < -0.4 is 0 Å². The summed E-state index contributed by atoms with van der Waals surface area (Å²) in [5.74, 6) is -1.65. The van der Waals surface area contributed by atoms with Crippen LogP contribution in [0.15, 0.2) is 18.2 Å². The summed E-state index contributed by atoms with van der Waals surface area (Å²) in [6.07, 6.45) is 0.817. The Morgan fingerprint density at radius 1 is 1.31 bits per heavy atom. The highest BCUT2D eigenvalue weighted by Gasteiger charge is 2.28. The van der Waals surface area contributed by atoms with E-state index in [1.54, 1.807) is 14.1 Å². The van der Waals surface area contributed by atoms with Crippen LogP contribution in [-0.2, 0) is 29.1 Å². The van der Waals surface area contributed by atoms with E-state index in [0.717, 1.165) is 25.0 Å². The molecule has 0 spiro atoms. The molecule has 6 nitrogen and oxygen atoms in total. The monoisotopic (exact) mass is 357 g/mol. The number of hydrogen-bond acceptors (Lipinski definition) is 3. The Labute approximate surface area is 154 Å². The lowest BCUT2D eigenvalue weighted by Crippen LogP contribution is -2.35. The van der Waals surface area contributed by atoms with Gasteiger partial charge in [-0.1, -0.05) is 11.6 Å². The van der Waals surface area contributed by atoms with Crippen LogP contribution in [0.1, 0.15) is 23.2 Å². The summed E-state index contributed by atoms with van der Waals surface area (Å²) in [7, 11) is 5.45. The first-order valence-corrected chi connectivity index (χ1v) is 9.00. The number of aryl methyl sites for hydroxylation is 1. The molecule has 0 saturated heterocycles. The molecule has 0 radical (unpaired) electrons. The molecule has 1 aliphatic heterocycles. The molecule has 6 heteroatoms. The van der Waals surface area contributed by atoms with Crippen LogP contribution in [0, 0.1) is 12.8 Å². The van der Waals surface area contributed by atoms with E-state index < -0.39 is 11.9 Å². The fraction of sp³-hybridized carbons (Fsp3) is 0.500. The highest BCUT2D eigenvalue weighted by Crippen LogP contribution is 2.32. The zero-order valence-corrected chi connectivity index (χ0v) is 16.0. The number of likely N-dealkylation sites (N-methyl/N-ethyl adjacent to an activating group) is 1. The smallest absolute Gasteiger partial charge is 0.304 e. The molecule has 140 valence electrons. The van der Waals surface area contributed by atoms with E-state index in [1.807, 2.05) is 0 Å². The lowest BCUT2D eigenvalue weighted by Gasteiger charge is -2.26. The number of hydrogen-bond donors (Lipinski definition) is 1. The van der Waals surface area contributed by atoms with Crippen LogP contribution in [0.2, 0.25) is 0 Å². The number of carboxylic acids is 1. The van der Waals surface area contributed by atoms with Crippen molar-refractivity contribution in [2.45, 2.75) is 32.9 Å². The van der Waals surface area contributed by atoms with Crippen molar-refractivity contribution in [3.63, 3.8) is 0 Å². The Balaban J connectivity index is 2.09. The molecule has 0 fully saturated rings. The van der Waals surface area contributed by atoms with Crippen molar-refractivity contribution in [1.29, 1.82) is 0 Å². The minimum absolute atomic E-state index is 0.140. The number of aliphatic carboxylic acids is 1. The molecule has 0 aliphatic carbocycles. The molecule has 2 heterocycles. The Kier molecular flexibility index (Phi) is 5.05. The molecule has 0 saturated carbocycles. The predicted octanol–water partition coefficient (Wildman–Crippen LogP) is 2.12. The molecule has 1 aliphatic rings. The summed E-state index contributed by atoms with van der Waals surface area (Å²) in [6.45, 7) is 4.31. The van der Waals surface area contributed by atoms with Crippen LogP contribution in [0.3, 0.4) is 0 Å². The highest BCUT2D eigenvalue weighted by atomic mass is 16.4. The third-order valence-corrected chi connectivity index (χ3v) is 5.22. The maximum absolute atomic E-state index is 12.6. The van der Waals surface area contributed by atoms with Crippen LogP contribution in [0.4, 0.5) is 0 Å². The van der Waals surface area contributed by atoms with Crippen molar-refractivity contribution in [2.24, 2.45) is 5.92 Å². The van der Waals surface area contributed by atoms with Gasteiger partial charge in [-0.25, -0.2) is 0 Å². The topological polar surface area (TPSA) is 65.8 Å². The Morgan fingerprint density at radius 3 is 2.69 bits per heavy atom. The molecule has 0 bridgehead atoms. The van der Waals surface area contributed by atoms with Gasteiger partial charge in [0.05, 0.1) is 12.3 Å². The second-order valence-electron chi connectivity index (χ2n) is 7.57. The van der Waals surface area contributed by atoms with E-state index in [4.69, 9.17) is 0 Å². The van der Waals surface area contributed by atoms with E-state index in [0.29, 0.717) is 6.54 Å². The van der Waals surface area contributed by atoms with Gasteiger partial charge in [0.1, 0.15) is 0 Å². The first-order valence-electron chi connectivity index (χ1n) is 9.00. The van der Waals surface area contributed by atoms with E-state index in [2.05, 4.69) is 41.6 Å². The maximum Gasteiger partial charge on any atom is 0.304 e. The van der Waals surface area contributed by atoms with Gasteiger partial charge in [-0.3, -0.25) is 9.59 Å². The third kappa shape index (κ3) is 3.46. The molecule has 1 aromatic heterocycles. The number of rotatable bonds is 5. The number of carboxylic acid groups (broad SMARTS) is 1. The first-order chi connectivity index (χ1) is 12.3. The number of amides is 1. The van der Waals surface area contributed by atoms with Crippen molar-refractivity contribution >= 4 is 22.8 Å². The van der Waals surface area contributed by atoms with Gasteiger partial charge >= 0.3 is 5.97 Å². The molecule has 1 unspecified atom stereocenters. The summed E-state index contributed by atoms with van der Waals surface area (Å²) in [6, 6.07) is 6.38. The maximum atomic E-state index is 12.6. The number of fused-ring (bicyclic) bond motifs is 3.